The van der Waals surface area contributed by atoms with Gasteiger partial charge in [-0.2, -0.15) is 0 Å². The quantitative estimate of drug-likeness (QED) is 0.742. The summed E-state index contributed by atoms with van der Waals surface area (Å²) in [4.78, 5) is 2.42. The first kappa shape index (κ1) is 15.2. The maximum atomic E-state index is 9.28. The summed E-state index contributed by atoms with van der Waals surface area (Å²) < 4.78 is 11.3. The molecular formula is C14H28N2O3. The standard InChI is InChI=1S/C14H28N2O3/c1-3-15-14-4-5-18-10-12(14)7-16-6-11(2)19-13(8-16)9-17/h11-15,17H,3-10H2,1-2H3. The predicted octanol–water partition coefficient (Wildman–Crippen LogP) is 0.0826. The van der Waals surface area contributed by atoms with E-state index in [1.807, 2.05) is 0 Å². The summed E-state index contributed by atoms with van der Waals surface area (Å²) >= 11 is 0. The van der Waals surface area contributed by atoms with Gasteiger partial charge in [-0.25, -0.2) is 0 Å². The number of hydrogen-bond acceptors (Lipinski definition) is 5. The Kier molecular flexibility index (Phi) is 6.04. The van der Waals surface area contributed by atoms with E-state index in [0.29, 0.717) is 12.0 Å². The fourth-order valence-electron chi connectivity index (χ4n) is 3.23. The molecule has 2 rings (SSSR count). The minimum Gasteiger partial charge on any atom is -0.394 e. The van der Waals surface area contributed by atoms with Crippen LogP contribution >= 0.6 is 0 Å². The van der Waals surface area contributed by atoms with Crippen LogP contribution in [0, 0.1) is 5.92 Å². The van der Waals surface area contributed by atoms with Crippen molar-refractivity contribution in [2.24, 2.45) is 5.92 Å². The van der Waals surface area contributed by atoms with Crippen molar-refractivity contribution in [3.63, 3.8) is 0 Å². The molecule has 4 atom stereocenters. The lowest BCUT2D eigenvalue weighted by molar-refractivity contribution is -0.103. The molecular weight excluding hydrogens is 244 g/mol. The van der Waals surface area contributed by atoms with Crippen molar-refractivity contribution in [2.45, 2.75) is 38.5 Å². The summed E-state index contributed by atoms with van der Waals surface area (Å²) in [5.41, 5.74) is 0. The number of nitrogens with zero attached hydrogens (tertiary/aromatic N) is 1. The van der Waals surface area contributed by atoms with Crippen LogP contribution in [0.2, 0.25) is 0 Å². The monoisotopic (exact) mass is 272 g/mol. The zero-order valence-corrected chi connectivity index (χ0v) is 12.2. The number of hydrogen-bond donors (Lipinski definition) is 2. The van der Waals surface area contributed by atoms with Crippen molar-refractivity contribution in [1.82, 2.24) is 10.2 Å². The van der Waals surface area contributed by atoms with Crippen LogP contribution < -0.4 is 5.32 Å². The number of ether oxygens (including phenoxy) is 2. The summed E-state index contributed by atoms with van der Waals surface area (Å²) in [6, 6.07) is 0.560. The van der Waals surface area contributed by atoms with Gasteiger partial charge in [0, 0.05) is 38.2 Å². The maximum Gasteiger partial charge on any atom is 0.0936 e. The molecule has 2 aliphatic rings. The van der Waals surface area contributed by atoms with Crippen LogP contribution in [-0.4, -0.2) is 74.3 Å². The molecule has 0 aromatic carbocycles. The fraction of sp³-hybridized carbons (Fsp3) is 1.00. The van der Waals surface area contributed by atoms with Crippen molar-refractivity contribution in [1.29, 1.82) is 0 Å². The van der Waals surface area contributed by atoms with Gasteiger partial charge in [-0.1, -0.05) is 6.92 Å². The van der Waals surface area contributed by atoms with E-state index < -0.39 is 0 Å². The van der Waals surface area contributed by atoms with Crippen LogP contribution in [0.1, 0.15) is 20.3 Å². The van der Waals surface area contributed by atoms with Crippen LogP contribution in [-0.2, 0) is 9.47 Å². The molecule has 0 spiro atoms. The highest BCUT2D eigenvalue weighted by atomic mass is 16.5. The summed E-state index contributed by atoms with van der Waals surface area (Å²) in [7, 11) is 0. The van der Waals surface area contributed by atoms with Gasteiger partial charge >= 0.3 is 0 Å². The minimum absolute atomic E-state index is 0.0363. The summed E-state index contributed by atoms with van der Waals surface area (Å²) in [5.74, 6) is 0.540. The molecule has 2 saturated heterocycles. The Labute approximate surface area is 116 Å². The molecule has 112 valence electrons. The molecule has 2 heterocycles. The Morgan fingerprint density at radius 2 is 2.21 bits per heavy atom. The summed E-state index contributed by atoms with van der Waals surface area (Å²) in [6.07, 6.45) is 1.26. The van der Waals surface area contributed by atoms with Gasteiger partial charge in [0.1, 0.15) is 0 Å². The number of rotatable bonds is 5. The van der Waals surface area contributed by atoms with Gasteiger partial charge in [0.15, 0.2) is 0 Å². The summed E-state index contributed by atoms with van der Waals surface area (Å²) in [6.45, 7) is 9.88. The zero-order valence-electron chi connectivity index (χ0n) is 12.2. The molecule has 4 unspecified atom stereocenters. The average Bonchev–Trinajstić information content (AvgIpc) is 2.40. The molecule has 2 aliphatic heterocycles. The van der Waals surface area contributed by atoms with Gasteiger partial charge in [0.05, 0.1) is 25.4 Å². The Hall–Kier alpha value is -0.200. The first-order valence-electron chi connectivity index (χ1n) is 7.52. The van der Waals surface area contributed by atoms with Gasteiger partial charge in [0.2, 0.25) is 0 Å². The van der Waals surface area contributed by atoms with Crippen molar-refractivity contribution in [3.8, 4) is 0 Å². The highest BCUT2D eigenvalue weighted by Crippen LogP contribution is 2.19. The molecule has 0 aliphatic carbocycles. The molecule has 2 fully saturated rings. The SMILES string of the molecule is CCNC1CCOCC1CN1CC(C)OC(CO)C1. The van der Waals surface area contributed by atoms with Crippen LogP contribution in [0.15, 0.2) is 0 Å². The van der Waals surface area contributed by atoms with Crippen LogP contribution in [0.3, 0.4) is 0 Å². The molecule has 19 heavy (non-hydrogen) atoms. The van der Waals surface area contributed by atoms with Gasteiger partial charge in [-0.15, -0.1) is 0 Å². The van der Waals surface area contributed by atoms with Crippen molar-refractivity contribution >= 4 is 0 Å². The molecule has 0 radical (unpaired) electrons. The normalized spacial score (nSPS) is 37.4. The Morgan fingerprint density at radius 3 is 2.95 bits per heavy atom. The van der Waals surface area contributed by atoms with Gasteiger partial charge in [0.25, 0.3) is 0 Å². The predicted molar refractivity (Wildman–Crippen MR) is 74.3 cm³/mol. The van der Waals surface area contributed by atoms with E-state index >= 15 is 0 Å². The van der Waals surface area contributed by atoms with E-state index in [0.717, 1.165) is 45.8 Å². The highest BCUT2D eigenvalue weighted by molar-refractivity contribution is 4.84. The number of morpholine rings is 1. The molecule has 5 heteroatoms. The number of aliphatic hydroxyl groups is 1. The van der Waals surface area contributed by atoms with E-state index in [-0.39, 0.29) is 18.8 Å². The molecule has 2 N–H and O–H groups in total. The third-order valence-corrected chi connectivity index (χ3v) is 4.04. The molecule has 0 bridgehead atoms. The van der Waals surface area contributed by atoms with E-state index in [9.17, 15) is 5.11 Å². The number of aliphatic hydroxyl groups excluding tert-OH is 1. The van der Waals surface area contributed by atoms with Gasteiger partial charge < -0.3 is 19.9 Å². The fourth-order valence-corrected chi connectivity index (χ4v) is 3.23. The average molecular weight is 272 g/mol. The Balaban J connectivity index is 1.87. The molecule has 5 nitrogen and oxygen atoms in total. The first-order chi connectivity index (χ1) is 9.22. The lowest BCUT2D eigenvalue weighted by atomic mass is 9.94. The Morgan fingerprint density at radius 1 is 1.37 bits per heavy atom. The second kappa shape index (κ2) is 7.55. The molecule has 0 aromatic rings. The lowest BCUT2D eigenvalue weighted by Crippen LogP contribution is -2.53. The smallest absolute Gasteiger partial charge is 0.0936 e. The van der Waals surface area contributed by atoms with Crippen molar-refractivity contribution in [2.75, 3.05) is 46.0 Å². The largest absolute Gasteiger partial charge is 0.394 e. The third-order valence-electron chi connectivity index (χ3n) is 4.04. The van der Waals surface area contributed by atoms with Crippen LogP contribution in [0.4, 0.5) is 0 Å². The second-order valence-corrected chi connectivity index (χ2v) is 5.76. The Bertz CT molecular complexity index is 263. The van der Waals surface area contributed by atoms with Crippen LogP contribution in [0.25, 0.3) is 0 Å². The minimum atomic E-state index is -0.0363. The van der Waals surface area contributed by atoms with E-state index in [4.69, 9.17) is 9.47 Å². The third kappa shape index (κ3) is 4.39. The van der Waals surface area contributed by atoms with Crippen molar-refractivity contribution in [3.05, 3.63) is 0 Å². The van der Waals surface area contributed by atoms with Gasteiger partial charge in [-0.05, 0) is 19.9 Å². The molecule has 0 aromatic heterocycles. The van der Waals surface area contributed by atoms with E-state index in [1.165, 1.54) is 0 Å². The number of nitrogens with one attached hydrogen (secondary N) is 1. The highest BCUT2D eigenvalue weighted by Gasteiger charge is 2.31. The maximum absolute atomic E-state index is 9.28. The zero-order chi connectivity index (χ0) is 13.7. The summed E-state index contributed by atoms with van der Waals surface area (Å²) in [5, 5.41) is 12.9. The van der Waals surface area contributed by atoms with E-state index in [2.05, 4.69) is 24.1 Å². The topological polar surface area (TPSA) is 54.0 Å². The first-order valence-corrected chi connectivity index (χ1v) is 7.52. The second-order valence-electron chi connectivity index (χ2n) is 5.76. The lowest BCUT2D eigenvalue weighted by Gasteiger charge is -2.40. The van der Waals surface area contributed by atoms with Crippen LogP contribution in [0.5, 0.6) is 0 Å². The van der Waals surface area contributed by atoms with Gasteiger partial charge in [-0.3, -0.25) is 4.90 Å². The molecule has 0 amide bonds. The van der Waals surface area contributed by atoms with E-state index in [1.54, 1.807) is 0 Å². The van der Waals surface area contributed by atoms with Crippen molar-refractivity contribution < 1.29 is 14.6 Å². The molecule has 0 saturated carbocycles.